The number of imidazole rings is 1. The quantitative estimate of drug-likeness (QED) is 0.628. The van der Waals surface area contributed by atoms with Gasteiger partial charge in [0.15, 0.2) is 0 Å². The lowest BCUT2D eigenvalue weighted by atomic mass is 10.2. The van der Waals surface area contributed by atoms with Crippen molar-refractivity contribution in [2.24, 2.45) is 0 Å². The minimum absolute atomic E-state index is 0.342. The zero-order valence-electron chi connectivity index (χ0n) is 12.1. The Kier molecular flexibility index (Phi) is 2.96. The molecular weight excluding hydrogens is 276 g/mol. The summed E-state index contributed by atoms with van der Waals surface area (Å²) in [6, 6.07) is 15.7. The van der Waals surface area contributed by atoms with Crippen LogP contribution in [0.5, 0.6) is 5.88 Å². The third-order valence-corrected chi connectivity index (χ3v) is 3.46. The fourth-order valence-electron chi connectivity index (χ4n) is 2.48. The second kappa shape index (κ2) is 5.11. The molecule has 0 aliphatic carbocycles. The number of ether oxygens (including phenoxy) is 1. The van der Waals surface area contributed by atoms with Crippen molar-refractivity contribution in [1.29, 1.82) is 0 Å². The SMILES string of the molecule is Cc1nc(OCc2nc3ccccc3[nH]2)c2ccccc2n1. The van der Waals surface area contributed by atoms with Crippen LogP contribution in [0.15, 0.2) is 48.5 Å². The molecule has 0 aliphatic heterocycles. The van der Waals surface area contributed by atoms with Gasteiger partial charge in [0.1, 0.15) is 18.3 Å². The number of fused-ring (bicyclic) bond motifs is 2. The van der Waals surface area contributed by atoms with Crippen LogP contribution in [0.3, 0.4) is 0 Å². The van der Waals surface area contributed by atoms with Crippen LogP contribution in [-0.2, 0) is 6.61 Å². The highest BCUT2D eigenvalue weighted by molar-refractivity contribution is 5.83. The summed E-state index contributed by atoms with van der Waals surface area (Å²) in [5.74, 6) is 2.06. The third-order valence-electron chi connectivity index (χ3n) is 3.46. The van der Waals surface area contributed by atoms with Crippen molar-refractivity contribution >= 4 is 21.9 Å². The Hall–Kier alpha value is -2.95. The van der Waals surface area contributed by atoms with E-state index in [-0.39, 0.29) is 0 Å². The van der Waals surface area contributed by atoms with Gasteiger partial charge in [0.05, 0.1) is 21.9 Å². The minimum atomic E-state index is 0.342. The summed E-state index contributed by atoms with van der Waals surface area (Å²) in [6.45, 7) is 2.20. The lowest BCUT2D eigenvalue weighted by Gasteiger charge is -2.07. The first-order valence-electron chi connectivity index (χ1n) is 7.09. The number of benzene rings is 2. The molecule has 2 aromatic heterocycles. The first-order chi connectivity index (χ1) is 10.8. The molecule has 22 heavy (non-hydrogen) atoms. The van der Waals surface area contributed by atoms with Gasteiger partial charge in [-0.15, -0.1) is 0 Å². The van der Waals surface area contributed by atoms with Gasteiger partial charge in [-0.05, 0) is 31.2 Å². The summed E-state index contributed by atoms with van der Waals surface area (Å²) >= 11 is 0. The van der Waals surface area contributed by atoms with Gasteiger partial charge < -0.3 is 9.72 Å². The van der Waals surface area contributed by atoms with E-state index in [1.54, 1.807) is 0 Å². The Morgan fingerprint density at radius 3 is 2.55 bits per heavy atom. The molecule has 0 saturated heterocycles. The van der Waals surface area contributed by atoms with E-state index in [2.05, 4.69) is 19.9 Å². The normalized spacial score (nSPS) is 11.1. The molecule has 4 aromatic rings. The fraction of sp³-hybridized carbons (Fsp3) is 0.118. The van der Waals surface area contributed by atoms with Gasteiger partial charge in [0.2, 0.25) is 5.88 Å². The van der Waals surface area contributed by atoms with Gasteiger partial charge >= 0.3 is 0 Å². The Balaban J connectivity index is 1.66. The van der Waals surface area contributed by atoms with E-state index >= 15 is 0 Å². The summed E-state index contributed by atoms with van der Waals surface area (Å²) in [6.07, 6.45) is 0. The predicted octanol–water partition coefficient (Wildman–Crippen LogP) is 3.39. The van der Waals surface area contributed by atoms with Crippen molar-refractivity contribution in [2.45, 2.75) is 13.5 Å². The van der Waals surface area contributed by atoms with Gasteiger partial charge in [-0.1, -0.05) is 24.3 Å². The van der Waals surface area contributed by atoms with Crippen LogP contribution in [-0.4, -0.2) is 19.9 Å². The van der Waals surface area contributed by atoms with E-state index in [0.29, 0.717) is 18.3 Å². The molecule has 2 heterocycles. The standard InChI is InChI=1S/C17H14N4O/c1-11-18-13-7-3-2-6-12(13)17(19-11)22-10-16-20-14-8-4-5-9-15(14)21-16/h2-9H,10H2,1H3,(H,20,21). The van der Waals surface area contributed by atoms with Gasteiger partial charge in [-0.3, -0.25) is 0 Å². The molecule has 0 fully saturated rings. The maximum Gasteiger partial charge on any atom is 0.225 e. The highest BCUT2D eigenvalue weighted by atomic mass is 16.5. The molecular formula is C17H14N4O. The first-order valence-corrected chi connectivity index (χ1v) is 7.09. The second-order valence-corrected chi connectivity index (χ2v) is 5.08. The number of aryl methyl sites for hydroxylation is 1. The van der Waals surface area contributed by atoms with Crippen molar-refractivity contribution in [3.8, 4) is 5.88 Å². The number of aromatic nitrogens is 4. The number of nitrogens with one attached hydrogen (secondary N) is 1. The number of rotatable bonds is 3. The van der Waals surface area contributed by atoms with Gasteiger partial charge in [0, 0.05) is 0 Å². The molecule has 0 bridgehead atoms. The van der Waals surface area contributed by atoms with Gasteiger partial charge in [0.25, 0.3) is 0 Å². The Bertz CT molecular complexity index is 928. The van der Waals surface area contributed by atoms with Crippen molar-refractivity contribution in [1.82, 2.24) is 19.9 Å². The van der Waals surface area contributed by atoms with Crippen molar-refractivity contribution in [3.05, 3.63) is 60.2 Å². The van der Waals surface area contributed by atoms with Crippen LogP contribution in [0.25, 0.3) is 21.9 Å². The number of hydrogen-bond donors (Lipinski definition) is 1. The van der Waals surface area contributed by atoms with E-state index in [4.69, 9.17) is 4.74 Å². The second-order valence-electron chi connectivity index (χ2n) is 5.08. The highest BCUT2D eigenvalue weighted by Crippen LogP contribution is 2.23. The summed E-state index contributed by atoms with van der Waals surface area (Å²) in [7, 11) is 0. The molecule has 0 atom stereocenters. The van der Waals surface area contributed by atoms with Crippen LogP contribution in [0, 0.1) is 6.92 Å². The number of nitrogens with zero attached hydrogens (tertiary/aromatic N) is 3. The van der Waals surface area contributed by atoms with Crippen LogP contribution in [0.4, 0.5) is 0 Å². The smallest absolute Gasteiger partial charge is 0.225 e. The van der Waals surface area contributed by atoms with Crippen LogP contribution in [0.2, 0.25) is 0 Å². The summed E-state index contributed by atoms with van der Waals surface area (Å²) < 4.78 is 5.87. The summed E-state index contributed by atoms with van der Waals surface area (Å²) in [5.41, 5.74) is 2.82. The molecule has 4 rings (SSSR count). The average molecular weight is 290 g/mol. The predicted molar refractivity (Wildman–Crippen MR) is 84.7 cm³/mol. The van der Waals surface area contributed by atoms with Crippen molar-refractivity contribution < 1.29 is 4.74 Å². The van der Waals surface area contributed by atoms with Gasteiger partial charge in [-0.2, -0.15) is 4.98 Å². The first kappa shape index (κ1) is 12.8. The van der Waals surface area contributed by atoms with Crippen LogP contribution < -0.4 is 4.74 Å². The summed E-state index contributed by atoms with van der Waals surface area (Å²) in [4.78, 5) is 16.6. The number of para-hydroxylation sites is 3. The van der Waals surface area contributed by atoms with E-state index in [1.165, 1.54) is 0 Å². The van der Waals surface area contributed by atoms with Crippen LogP contribution >= 0.6 is 0 Å². The zero-order valence-corrected chi connectivity index (χ0v) is 12.1. The maximum atomic E-state index is 5.87. The van der Waals surface area contributed by atoms with E-state index in [0.717, 1.165) is 27.8 Å². The molecule has 0 aliphatic rings. The number of hydrogen-bond acceptors (Lipinski definition) is 4. The summed E-state index contributed by atoms with van der Waals surface area (Å²) in [5, 5.41) is 0.907. The molecule has 108 valence electrons. The average Bonchev–Trinajstić information content (AvgIpc) is 2.95. The molecule has 1 N–H and O–H groups in total. The molecule has 0 saturated carbocycles. The van der Waals surface area contributed by atoms with E-state index in [9.17, 15) is 0 Å². The Labute approximate surface area is 127 Å². The fourth-order valence-corrected chi connectivity index (χ4v) is 2.48. The third kappa shape index (κ3) is 2.26. The molecule has 0 spiro atoms. The highest BCUT2D eigenvalue weighted by Gasteiger charge is 2.08. The minimum Gasteiger partial charge on any atom is -0.469 e. The van der Waals surface area contributed by atoms with Crippen molar-refractivity contribution in [3.63, 3.8) is 0 Å². The topological polar surface area (TPSA) is 63.7 Å². The van der Waals surface area contributed by atoms with E-state index < -0.39 is 0 Å². The molecule has 2 aromatic carbocycles. The van der Waals surface area contributed by atoms with Crippen LogP contribution in [0.1, 0.15) is 11.6 Å². The number of aromatic amines is 1. The maximum absolute atomic E-state index is 5.87. The molecule has 0 radical (unpaired) electrons. The number of H-pyrrole nitrogens is 1. The zero-order chi connectivity index (χ0) is 14.9. The molecule has 5 heteroatoms. The molecule has 5 nitrogen and oxygen atoms in total. The lowest BCUT2D eigenvalue weighted by molar-refractivity contribution is 0.288. The Morgan fingerprint density at radius 2 is 1.68 bits per heavy atom. The largest absolute Gasteiger partial charge is 0.469 e. The molecule has 0 amide bonds. The van der Waals surface area contributed by atoms with Gasteiger partial charge in [-0.25, -0.2) is 9.97 Å². The molecule has 0 unspecified atom stereocenters. The van der Waals surface area contributed by atoms with E-state index in [1.807, 2.05) is 55.5 Å². The van der Waals surface area contributed by atoms with Crippen molar-refractivity contribution in [2.75, 3.05) is 0 Å². The Morgan fingerprint density at radius 1 is 0.909 bits per heavy atom. The lowest BCUT2D eigenvalue weighted by Crippen LogP contribution is -2.01. The monoisotopic (exact) mass is 290 g/mol.